The van der Waals surface area contributed by atoms with Gasteiger partial charge in [0.25, 0.3) is 0 Å². The summed E-state index contributed by atoms with van der Waals surface area (Å²) >= 11 is 0. The topological polar surface area (TPSA) is 16.4 Å². The van der Waals surface area contributed by atoms with Crippen LogP contribution in [-0.4, -0.2) is 0 Å². The van der Waals surface area contributed by atoms with E-state index < -0.39 is 5.41 Å². The maximum atomic E-state index is 7.08. The molecule has 2 heteroatoms. The van der Waals surface area contributed by atoms with E-state index in [-0.39, 0.29) is 0 Å². The van der Waals surface area contributed by atoms with Crippen molar-refractivity contribution < 1.29 is 4.42 Å². The minimum absolute atomic E-state index is 0.625. The first-order valence-corrected chi connectivity index (χ1v) is 25.3. The zero-order chi connectivity index (χ0) is 47.8. The molecule has 1 heterocycles. The Labute approximate surface area is 423 Å². The molecule has 1 spiro atoms. The number of rotatable bonds is 6. The minimum Gasteiger partial charge on any atom is -0.456 e. The summed E-state index contributed by atoms with van der Waals surface area (Å²) in [7, 11) is 0. The summed E-state index contributed by atoms with van der Waals surface area (Å²) in [5, 5.41) is 4.78. The second-order valence-corrected chi connectivity index (χ2v) is 19.9. The molecule has 0 saturated heterocycles. The Bertz CT molecular complexity index is 4380. The third-order valence-corrected chi connectivity index (χ3v) is 16.2. The second kappa shape index (κ2) is 15.3. The second-order valence-electron chi connectivity index (χ2n) is 19.9. The summed E-state index contributed by atoms with van der Waals surface area (Å²) in [6.07, 6.45) is 0. The van der Waals surface area contributed by atoms with Crippen LogP contribution >= 0.6 is 0 Å². The molecule has 73 heavy (non-hydrogen) atoms. The fourth-order valence-electron chi connectivity index (χ4n) is 13.2. The van der Waals surface area contributed by atoms with Crippen molar-refractivity contribution in [2.24, 2.45) is 0 Å². The largest absolute Gasteiger partial charge is 0.456 e. The van der Waals surface area contributed by atoms with Crippen molar-refractivity contribution in [2.75, 3.05) is 4.90 Å². The predicted octanol–water partition coefficient (Wildman–Crippen LogP) is 19.2. The molecule has 12 aromatic carbocycles. The normalized spacial score (nSPS) is 13.0. The third kappa shape index (κ3) is 5.63. The third-order valence-electron chi connectivity index (χ3n) is 16.2. The zero-order valence-corrected chi connectivity index (χ0v) is 39.7. The Morgan fingerprint density at radius 1 is 0.288 bits per heavy atom. The number of nitrogens with zero attached hydrogens (tertiary/aromatic N) is 1. The molecule has 338 valence electrons. The predicted molar refractivity (Wildman–Crippen MR) is 303 cm³/mol. The van der Waals surface area contributed by atoms with Gasteiger partial charge in [-0.3, -0.25) is 0 Å². The van der Waals surface area contributed by atoms with Crippen LogP contribution in [0.1, 0.15) is 22.3 Å². The van der Waals surface area contributed by atoms with Crippen LogP contribution in [0.2, 0.25) is 0 Å². The Balaban J connectivity index is 1.02. The van der Waals surface area contributed by atoms with E-state index in [9.17, 15) is 0 Å². The lowest BCUT2D eigenvalue weighted by Crippen LogP contribution is -2.28. The Morgan fingerprint density at radius 2 is 0.849 bits per heavy atom. The maximum absolute atomic E-state index is 7.08. The summed E-state index contributed by atoms with van der Waals surface area (Å²) in [4.78, 5) is 2.55. The van der Waals surface area contributed by atoms with Crippen LogP contribution in [0.3, 0.4) is 0 Å². The molecule has 0 aliphatic heterocycles. The van der Waals surface area contributed by atoms with Gasteiger partial charge < -0.3 is 9.32 Å². The summed E-state index contributed by atoms with van der Waals surface area (Å²) in [6, 6.07) is 96.8. The van der Waals surface area contributed by atoms with Crippen LogP contribution in [0.25, 0.3) is 111 Å². The number of benzene rings is 12. The average Bonchev–Trinajstić information content (AvgIpc) is 4.18. The quantitative estimate of drug-likeness (QED) is 0.165. The van der Waals surface area contributed by atoms with Gasteiger partial charge in [-0.25, -0.2) is 0 Å². The standard InChI is InChI=1S/C71H43NO/c1-4-17-44(18-5-1)48-33-37-64-60(39-48)57-29-16-32-65(70(57)71(64)62-30-12-10-25-53(62)54-26-11-13-31-63(54)71)72(50-35-36-52-55-27-14-23-47-24-15-28-56(68(47)55)59(52)41-50)51-42-58(46-21-8-3-9-22-46)69-61-40-49(45-19-6-2-7-20-45)34-38-66(61)73-67(69)43-51/h1-43H. The molecule has 0 amide bonds. The zero-order valence-electron chi connectivity index (χ0n) is 39.7. The highest BCUT2D eigenvalue weighted by atomic mass is 16.3. The average molecular weight is 926 g/mol. The first-order chi connectivity index (χ1) is 36.2. The molecule has 3 aliphatic carbocycles. The fourth-order valence-corrected chi connectivity index (χ4v) is 13.2. The van der Waals surface area contributed by atoms with E-state index in [1.165, 1.54) is 94.2 Å². The molecular weight excluding hydrogens is 883 g/mol. The molecule has 0 atom stereocenters. The van der Waals surface area contributed by atoms with E-state index in [4.69, 9.17) is 4.42 Å². The van der Waals surface area contributed by atoms with Gasteiger partial charge in [0.15, 0.2) is 0 Å². The van der Waals surface area contributed by atoms with E-state index >= 15 is 0 Å². The summed E-state index contributed by atoms with van der Waals surface area (Å²) in [5.41, 5.74) is 26.6. The van der Waals surface area contributed by atoms with Gasteiger partial charge in [-0.2, -0.15) is 0 Å². The molecule has 0 unspecified atom stereocenters. The van der Waals surface area contributed by atoms with Crippen molar-refractivity contribution in [2.45, 2.75) is 5.41 Å². The molecule has 3 aliphatic rings. The van der Waals surface area contributed by atoms with Crippen LogP contribution in [-0.2, 0) is 5.41 Å². The van der Waals surface area contributed by atoms with Crippen LogP contribution in [0.5, 0.6) is 0 Å². The Morgan fingerprint density at radius 3 is 1.56 bits per heavy atom. The lowest BCUT2D eigenvalue weighted by molar-refractivity contribution is 0.669. The smallest absolute Gasteiger partial charge is 0.138 e. The summed E-state index contributed by atoms with van der Waals surface area (Å²) < 4.78 is 7.08. The fraction of sp³-hybridized carbons (Fsp3) is 0.0141. The van der Waals surface area contributed by atoms with Crippen LogP contribution in [0.15, 0.2) is 265 Å². The van der Waals surface area contributed by atoms with Gasteiger partial charge in [-0.05, 0) is 148 Å². The number of fused-ring (bicyclic) bond motifs is 16. The lowest BCUT2D eigenvalue weighted by atomic mass is 9.69. The molecule has 16 rings (SSSR count). The molecular formula is C71H43NO. The van der Waals surface area contributed by atoms with E-state index in [1.54, 1.807) is 0 Å². The van der Waals surface area contributed by atoms with Crippen molar-refractivity contribution in [3.8, 4) is 77.9 Å². The Kier molecular flexibility index (Phi) is 8.41. The van der Waals surface area contributed by atoms with Crippen molar-refractivity contribution in [3.05, 3.63) is 283 Å². The van der Waals surface area contributed by atoms with Gasteiger partial charge in [-0.1, -0.05) is 212 Å². The number of furan rings is 1. The molecule has 1 aromatic heterocycles. The number of hydrogen-bond donors (Lipinski definition) is 0. The lowest BCUT2D eigenvalue weighted by Gasteiger charge is -2.36. The molecule has 0 radical (unpaired) electrons. The molecule has 0 saturated carbocycles. The minimum atomic E-state index is -0.625. The van der Waals surface area contributed by atoms with E-state index in [1.807, 2.05) is 0 Å². The van der Waals surface area contributed by atoms with E-state index in [0.717, 1.165) is 55.7 Å². The SMILES string of the molecule is c1ccc(-c2ccc3c(c2)-c2cccc(N(c4ccc5c(c4)-c4cccc6cccc-5c46)c4cc(-c5ccccc5)c5c(c4)oc4ccc(-c6ccccc6)cc45)c2C32c3ccccc3-c3ccccc32)cc1. The van der Waals surface area contributed by atoms with Gasteiger partial charge >= 0.3 is 0 Å². The van der Waals surface area contributed by atoms with Gasteiger partial charge in [0, 0.05) is 28.1 Å². The van der Waals surface area contributed by atoms with Crippen molar-refractivity contribution >= 4 is 49.8 Å². The van der Waals surface area contributed by atoms with Crippen LogP contribution < -0.4 is 4.90 Å². The highest BCUT2D eigenvalue weighted by Gasteiger charge is 2.53. The number of hydrogen-bond acceptors (Lipinski definition) is 2. The highest BCUT2D eigenvalue weighted by Crippen LogP contribution is 2.66. The highest BCUT2D eigenvalue weighted by molar-refractivity contribution is 6.17. The van der Waals surface area contributed by atoms with Gasteiger partial charge in [0.1, 0.15) is 11.2 Å². The van der Waals surface area contributed by atoms with Crippen molar-refractivity contribution in [3.63, 3.8) is 0 Å². The Hall–Kier alpha value is -9.50. The maximum Gasteiger partial charge on any atom is 0.138 e. The van der Waals surface area contributed by atoms with Gasteiger partial charge in [-0.15, -0.1) is 0 Å². The first-order valence-electron chi connectivity index (χ1n) is 25.3. The summed E-state index contributed by atoms with van der Waals surface area (Å²) in [6.45, 7) is 0. The monoisotopic (exact) mass is 925 g/mol. The van der Waals surface area contributed by atoms with Crippen molar-refractivity contribution in [1.82, 2.24) is 0 Å². The molecule has 2 nitrogen and oxygen atoms in total. The molecule has 0 bridgehead atoms. The van der Waals surface area contributed by atoms with Crippen LogP contribution in [0, 0.1) is 0 Å². The summed E-state index contributed by atoms with van der Waals surface area (Å²) in [5.74, 6) is 0. The van der Waals surface area contributed by atoms with Gasteiger partial charge in [0.05, 0.1) is 16.8 Å². The van der Waals surface area contributed by atoms with Crippen LogP contribution in [0.4, 0.5) is 17.1 Å². The van der Waals surface area contributed by atoms with Crippen molar-refractivity contribution in [1.29, 1.82) is 0 Å². The van der Waals surface area contributed by atoms with Gasteiger partial charge in [0.2, 0.25) is 0 Å². The van der Waals surface area contributed by atoms with E-state index in [2.05, 4.69) is 266 Å². The number of anilines is 3. The van der Waals surface area contributed by atoms with E-state index in [0.29, 0.717) is 0 Å². The molecule has 0 N–H and O–H groups in total. The molecule has 0 fully saturated rings. The molecule has 13 aromatic rings. The first kappa shape index (κ1) is 40.3.